The third-order valence-corrected chi connectivity index (χ3v) is 2.92. The van der Waals surface area contributed by atoms with E-state index in [9.17, 15) is 13.2 Å². The van der Waals surface area contributed by atoms with Crippen LogP contribution < -0.4 is 0 Å². The van der Waals surface area contributed by atoms with Crippen molar-refractivity contribution in [1.82, 2.24) is 9.55 Å². The van der Waals surface area contributed by atoms with Gasteiger partial charge in [-0.25, -0.2) is 4.98 Å². The highest BCUT2D eigenvalue weighted by Gasteiger charge is 2.32. The van der Waals surface area contributed by atoms with E-state index in [1.165, 1.54) is 12.3 Å². The summed E-state index contributed by atoms with van der Waals surface area (Å²) in [6, 6.07) is 12.0. The Bertz CT molecular complexity index is 711. The number of hydrogen-bond acceptors (Lipinski definition) is 1. The number of nitrogens with zero attached hydrogens (tertiary/aromatic N) is 2. The minimum absolute atomic E-state index is 0.606. The van der Waals surface area contributed by atoms with E-state index in [0.29, 0.717) is 5.69 Å². The van der Waals surface area contributed by atoms with Gasteiger partial charge in [-0.3, -0.25) is 0 Å². The van der Waals surface area contributed by atoms with Crippen LogP contribution in [0.1, 0.15) is 5.69 Å². The van der Waals surface area contributed by atoms with Gasteiger partial charge in [-0.1, -0.05) is 18.2 Å². The monoisotopic (exact) mass is 262 g/mol. The molecule has 2 aromatic heterocycles. The molecule has 0 spiro atoms. The lowest BCUT2D eigenvalue weighted by Gasteiger charge is -2.08. The van der Waals surface area contributed by atoms with Gasteiger partial charge < -0.3 is 4.57 Å². The molecule has 96 valence electrons. The standard InChI is InChI=1S/C14H9F3N2/c15-14(16,17)13-6-5-11(9-18-13)19-8-7-10-3-1-2-4-12(10)19/h1-9H. The van der Waals surface area contributed by atoms with E-state index in [0.717, 1.165) is 17.0 Å². The van der Waals surface area contributed by atoms with Gasteiger partial charge in [0.1, 0.15) is 5.69 Å². The Labute approximate surface area is 107 Å². The summed E-state index contributed by atoms with van der Waals surface area (Å²) in [5.41, 5.74) is 0.658. The molecule has 0 saturated carbocycles. The van der Waals surface area contributed by atoms with Crippen molar-refractivity contribution < 1.29 is 13.2 Å². The summed E-state index contributed by atoms with van der Waals surface area (Å²) in [6.07, 6.45) is -1.36. The van der Waals surface area contributed by atoms with Gasteiger partial charge in [-0.15, -0.1) is 0 Å². The molecule has 0 N–H and O–H groups in total. The van der Waals surface area contributed by atoms with E-state index < -0.39 is 11.9 Å². The van der Waals surface area contributed by atoms with Crippen LogP contribution in [-0.4, -0.2) is 9.55 Å². The van der Waals surface area contributed by atoms with Gasteiger partial charge in [-0.05, 0) is 29.7 Å². The summed E-state index contributed by atoms with van der Waals surface area (Å²) in [6.45, 7) is 0. The number of para-hydroxylation sites is 1. The summed E-state index contributed by atoms with van der Waals surface area (Å²) < 4.78 is 39.1. The Kier molecular flexibility index (Phi) is 2.55. The fraction of sp³-hybridized carbons (Fsp3) is 0.0714. The Balaban J connectivity index is 2.07. The first-order chi connectivity index (χ1) is 9.05. The molecular formula is C14H9F3N2. The lowest BCUT2D eigenvalue weighted by Crippen LogP contribution is -2.08. The van der Waals surface area contributed by atoms with Gasteiger partial charge in [-0.2, -0.15) is 13.2 Å². The van der Waals surface area contributed by atoms with Gasteiger partial charge in [0.2, 0.25) is 0 Å². The SMILES string of the molecule is FC(F)(F)c1ccc(-n2ccc3ccccc32)cn1. The lowest BCUT2D eigenvalue weighted by atomic mass is 10.2. The van der Waals surface area contributed by atoms with Crippen molar-refractivity contribution in [3.05, 3.63) is 60.6 Å². The highest BCUT2D eigenvalue weighted by atomic mass is 19.4. The maximum atomic E-state index is 12.4. The van der Waals surface area contributed by atoms with Crippen molar-refractivity contribution in [3.8, 4) is 5.69 Å². The average molecular weight is 262 g/mol. The van der Waals surface area contributed by atoms with Crippen LogP contribution >= 0.6 is 0 Å². The fourth-order valence-electron chi connectivity index (χ4n) is 2.00. The highest BCUT2D eigenvalue weighted by Crippen LogP contribution is 2.28. The minimum atomic E-state index is -4.41. The molecule has 0 amide bonds. The number of hydrogen-bond donors (Lipinski definition) is 0. The van der Waals surface area contributed by atoms with E-state index in [-0.39, 0.29) is 0 Å². The Hall–Kier alpha value is -2.30. The first-order valence-electron chi connectivity index (χ1n) is 5.65. The van der Waals surface area contributed by atoms with Crippen LogP contribution in [0.3, 0.4) is 0 Å². The predicted octanol–water partition coefficient (Wildman–Crippen LogP) is 4.04. The van der Waals surface area contributed by atoms with E-state index >= 15 is 0 Å². The topological polar surface area (TPSA) is 17.8 Å². The second-order valence-electron chi connectivity index (χ2n) is 4.14. The van der Waals surface area contributed by atoms with E-state index in [1.807, 2.05) is 41.1 Å². The van der Waals surface area contributed by atoms with Crippen molar-refractivity contribution in [2.45, 2.75) is 6.18 Å². The number of alkyl halides is 3. The fourth-order valence-corrected chi connectivity index (χ4v) is 2.00. The first kappa shape index (κ1) is 11.8. The molecule has 5 heteroatoms. The number of aromatic nitrogens is 2. The molecule has 1 aromatic carbocycles. The number of halogens is 3. The van der Waals surface area contributed by atoms with Crippen LogP contribution in [0.25, 0.3) is 16.6 Å². The number of fused-ring (bicyclic) bond motifs is 1. The molecule has 0 aliphatic rings. The smallest absolute Gasteiger partial charge is 0.315 e. The zero-order valence-electron chi connectivity index (χ0n) is 9.72. The van der Waals surface area contributed by atoms with E-state index in [4.69, 9.17) is 0 Å². The minimum Gasteiger partial charge on any atom is -0.315 e. The van der Waals surface area contributed by atoms with Crippen LogP contribution in [0, 0.1) is 0 Å². The Morgan fingerprint density at radius 3 is 2.42 bits per heavy atom. The van der Waals surface area contributed by atoms with Crippen molar-refractivity contribution in [1.29, 1.82) is 0 Å². The van der Waals surface area contributed by atoms with Gasteiger partial charge in [0.15, 0.2) is 0 Å². The molecule has 3 rings (SSSR count). The van der Waals surface area contributed by atoms with Crippen molar-refractivity contribution in [2.24, 2.45) is 0 Å². The first-order valence-corrected chi connectivity index (χ1v) is 5.65. The summed E-state index contributed by atoms with van der Waals surface area (Å²) in [4.78, 5) is 3.47. The molecule has 3 aromatic rings. The molecule has 0 radical (unpaired) electrons. The maximum absolute atomic E-state index is 12.4. The van der Waals surface area contributed by atoms with E-state index in [1.54, 1.807) is 0 Å². The second kappa shape index (κ2) is 4.12. The molecule has 0 bridgehead atoms. The number of pyridine rings is 1. The summed E-state index contributed by atoms with van der Waals surface area (Å²) in [5.74, 6) is 0. The van der Waals surface area contributed by atoms with Gasteiger partial charge >= 0.3 is 6.18 Å². The maximum Gasteiger partial charge on any atom is 0.433 e. The van der Waals surface area contributed by atoms with Crippen LogP contribution in [0.2, 0.25) is 0 Å². The molecule has 2 nitrogen and oxygen atoms in total. The molecule has 19 heavy (non-hydrogen) atoms. The molecular weight excluding hydrogens is 253 g/mol. The summed E-state index contributed by atoms with van der Waals surface area (Å²) in [7, 11) is 0. The van der Waals surface area contributed by atoms with Crippen LogP contribution in [-0.2, 0) is 6.18 Å². The number of benzene rings is 1. The van der Waals surface area contributed by atoms with Gasteiger partial charge in [0.05, 0.1) is 17.4 Å². The van der Waals surface area contributed by atoms with Crippen LogP contribution in [0.4, 0.5) is 13.2 Å². The zero-order chi connectivity index (χ0) is 13.5. The van der Waals surface area contributed by atoms with Crippen LogP contribution in [0.5, 0.6) is 0 Å². The molecule has 0 aliphatic carbocycles. The third-order valence-electron chi connectivity index (χ3n) is 2.92. The van der Waals surface area contributed by atoms with Crippen molar-refractivity contribution >= 4 is 10.9 Å². The lowest BCUT2D eigenvalue weighted by molar-refractivity contribution is -0.141. The van der Waals surface area contributed by atoms with Gasteiger partial charge in [0, 0.05) is 6.20 Å². The largest absolute Gasteiger partial charge is 0.433 e. The Morgan fingerprint density at radius 2 is 1.74 bits per heavy atom. The second-order valence-corrected chi connectivity index (χ2v) is 4.14. The quantitative estimate of drug-likeness (QED) is 0.647. The predicted molar refractivity (Wildman–Crippen MR) is 66.1 cm³/mol. The van der Waals surface area contributed by atoms with E-state index in [2.05, 4.69) is 4.98 Å². The molecule has 0 atom stereocenters. The molecule has 2 heterocycles. The summed E-state index contributed by atoms with van der Waals surface area (Å²) in [5, 5.41) is 1.03. The summed E-state index contributed by atoms with van der Waals surface area (Å²) >= 11 is 0. The molecule has 0 aliphatic heterocycles. The normalized spacial score (nSPS) is 11.9. The molecule has 0 unspecified atom stereocenters. The Morgan fingerprint density at radius 1 is 0.947 bits per heavy atom. The molecule has 0 saturated heterocycles. The third kappa shape index (κ3) is 2.07. The van der Waals surface area contributed by atoms with Gasteiger partial charge in [0.25, 0.3) is 0 Å². The number of rotatable bonds is 1. The highest BCUT2D eigenvalue weighted by molar-refractivity contribution is 5.81. The average Bonchev–Trinajstić information content (AvgIpc) is 2.82. The zero-order valence-corrected chi connectivity index (χ0v) is 9.72. The van der Waals surface area contributed by atoms with Crippen molar-refractivity contribution in [2.75, 3.05) is 0 Å². The van der Waals surface area contributed by atoms with Crippen molar-refractivity contribution in [3.63, 3.8) is 0 Å². The molecule has 0 fully saturated rings. The van der Waals surface area contributed by atoms with Crippen LogP contribution in [0.15, 0.2) is 54.9 Å².